The van der Waals surface area contributed by atoms with Crippen LogP contribution in [0.4, 0.5) is 5.69 Å². The second kappa shape index (κ2) is 10.5. The van der Waals surface area contributed by atoms with Gasteiger partial charge in [0.25, 0.3) is 0 Å². The van der Waals surface area contributed by atoms with E-state index in [0.717, 1.165) is 41.8 Å². The summed E-state index contributed by atoms with van der Waals surface area (Å²) in [4.78, 5) is 21.9. The predicted molar refractivity (Wildman–Crippen MR) is 130 cm³/mol. The quantitative estimate of drug-likeness (QED) is 0.516. The van der Waals surface area contributed by atoms with Crippen molar-refractivity contribution in [3.05, 3.63) is 83.4 Å². The molecule has 1 aliphatic heterocycles. The van der Waals surface area contributed by atoms with Crippen LogP contribution in [-0.4, -0.2) is 39.5 Å². The summed E-state index contributed by atoms with van der Waals surface area (Å²) in [5, 5.41) is 9.02. The molecule has 1 atom stereocenters. The number of anilines is 1. The van der Waals surface area contributed by atoms with Crippen molar-refractivity contribution in [1.82, 2.24) is 14.5 Å². The number of nitrogens with zero attached hydrogens (tertiary/aromatic N) is 5. The van der Waals surface area contributed by atoms with Gasteiger partial charge in [-0.05, 0) is 42.7 Å². The van der Waals surface area contributed by atoms with Gasteiger partial charge in [0.15, 0.2) is 0 Å². The lowest BCUT2D eigenvalue weighted by molar-refractivity contribution is -0.122. The van der Waals surface area contributed by atoms with Crippen LogP contribution in [0.25, 0.3) is 0 Å². The number of imidazole rings is 1. The molecule has 0 bridgehead atoms. The monoisotopic (exact) mass is 441 g/mol. The highest BCUT2D eigenvalue weighted by atomic mass is 16.2. The zero-order valence-electron chi connectivity index (χ0n) is 19.4. The van der Waals surface area contributed by atoms with Gasteiger partial charge in [0.05, 0.1) is 30.2 Å². The standard InChI is InChI=1S/C27H31N5O/c1-3-4-8-24-18-32(26-9-6-5-7-21(26)2)27(33)19-30(24)17-25-15-29-20-31(25)16-23-12-10-22(14-28)11-13-23/h5-7,9-13,15,20,24H,3-4,8,16-19H2,1-2H3/t24-/m1/s1. The van der Waals surface area contributed by atoms with Gasteiger partial charge in [-0.3, -0.25) is 9.69 Å². The third-order valence-corrected chi connectivity index (χ3v) is 6.45. The zero-order valence-corrected chi connectivity index (χ0v) is 19.4. The minimum absolute atomic E-state index is 0.148. The molecule has 33 heavy (non-hydrogen) atoms. The summed E-state index contributed by atoms with van der Waals surface area (Å²) in [6.07, 6.45) is 7.09. The van der Waals surface area contributed by atoms with Gasteiger partial charge in [-0.25, -0.2) is 4.98 Å². The third-order valence-electron chi connectivity index (χ3n) is 6.45. The average molecular weight is 442 g/mol. The van der Waals surface area contributed by atoms with E-state index >= 15 is 0 Å². The topological polar surface area (TPSA) is 65.2 Å². The molecule has 1 aliphatic rings. The SMILES string of the molecule is CCCC[C@@H]1CN(c2ccccc2C)C(=O)CN1Cc1cncn1Cc1ccc(C#N)cc1. The van der Waals surface area contributed by atoms with Gasteiger partial charge in [0, 0.05) is 37.6 Å². The maximum atomic E-state index is 13.2. The minimum Gasteiger partial charge on any atom is -0.329 e. The number of unbranched alkanes of at least 4 members (excludes halogenated alkanes) is 1. The Kier molecular flexibility index (Phi) is 7.21. The van der Waals surface area contributed by atoms with E-state index in [1.807, 2.05) is 59.9 Å². The Morgan fingerprint density at radius 1 is 1.12 bits per heavy atom. The van der Waals surface area contributed by atoms with Crippen molar-refractivity contribution < 1.29 is 4.79 Å². The molecule has 3 aromatic rings. The van der Waals surface area contributed by atoms with E-state index in [1.54, 1.807) is 0 Å². The average Bonchev–Trinajstić information content (AvgIpc) is 3.26. The molecular weight excluding hydrogens is 410 g/mol. The van der Waals surface area contributed by atoms with Gasteiger partial charge in [0.1, 0.15) is 0 Å². The molecule has 170 valence electrons. The van der Waals surface area contributed by atoms with Crippen molar-refractivity contribution in [2.45, 2.75) is 52.2 Å². The molecule has 2 heterocycles. The Morgan fingerprint density at radius 2 is 1.91 bits per heavy atom. The molecule has 0 radical (unpaired) electrons. The highest BCUT2D eigenvalue weighted by Gasteiger charge is 2.33. The number of benzene rings is 2. The van der Waals surface area contributed by atoms with Crippen LogP contribution in [0.3, 0.4) is 0 Å². The number of hydrogen-bond acceptors (Lipinski definition) is 4. The van der Waals surface area contributed by atoms with Crippen LogP contribution in [-0.2, 0) is 17.9 Å². The van der Waals surface area contributed by atoms with Gasteiger partial charge >= 0.3 is 0 Å². The molecule has 1 aromatic heterocycles. The first-order chi connectivity index (χ1) is 16.1. The van der Waals surface area contributed by atoms with Crippen molar-refractivity contribution in [1.29, 1.82) is 5.26 Å². The summed E-state index contributed by atoms with van der Waals surface area (Å²) in [5.74, 6) is 0.148. The van der Waals surface area contributed by atoms with Crippen LogP contribution in [0.2, 0.25) is 0 Å². The maximum absolute atomic E-state index is 13.2. The minimum atomic E-state index is 0.148. The Balaban J connectivity index is 1.51. The highest BCUT2D eigenvalue weighted by molar-refractivity contribution is 5.96. The maximum Gasteiger partial charge on any atom is 0.241 e. The number of aromatic nitrogens is 2. The Hall–Kier alpha value is -3.43. The second-order valence-electron chi connectivity index (χ2n) is 8.81. The van der Waals surface area contributed by atoms with Crippen LogP contribution >= 0.6 is 0 Å². The molecule has 0 N–H and O–H groups in total. The molecule has 1 fully saturated rings. The van der Waals surface area contributed by atoms with Gasteiger partial charge in [0.2, 0.25) is 5.91 Å². The van der Waals surface area contributed by atoms with E-state index in [9.17, 15) is 4.79 Å². The molecule has 1 amide bonds. The summed E-state index contributed by atoms with van der Waals surface area (Å²) < 4.78 is 2.14. The van der Waals surface area contributed by atoms with Crippen molar-refractivity contribution >= 4 is 11.6 Å². The summed E-state index contributed by atoms with van der Waals surface area (Å²) >= 11 is 0. The zero-order chi connectivity index (χ0) is 23.2. The Labute approximate surface area is 196 Å². The lowest BCUT2D eigenvalue weighted by Gasteiger charge is -2.41. The number of aryl methyl sites for hydroxylation is 1. The molecule has 6 heteroatoms. The fourth-order valence-electron chi connectivity index (χ4n) is 4.53. The largest absolute Gasteiger partial charge is 0.329 e. The first kappa shape index (κ1) is 22.8. The summed E-state index contributed by atoms with van der Waals surface area (Å²) in [6, 6.07) is 18.3. The van der Waals surface area contributed by atoms with Gasteiger partial charge in [-0.15, -0.1) is 0 Å². The molecule has 1 saturated heterocycles. The molecular formula is C27H31N5O. The second-order valence-corrected chi connectivity index (χ2v) is 8.81. The van der Waals surface area contributed by atoms with Crippen molar-refractivity contribution in [3.8, 4) is 6.07 Å². The number of amides is 1. The molecule has 0 aliphatic carbocycles. The summed E-state index contributed by atoms with van der Waals surface area (Å²) in [7, 11) is 0. The van der Waals surface area contributed by atoms with E-state index in [-0.39, 0.29) is 5.91 Å². The van der Waals surface area contributed by atoms with Gasteiger partial charge < -0.3 is 9.47 Å². The Morgan fingerprint density at radius 3 is 2.64 bits per heavy atom. The molecule has 0 unspecified atom stereocenters. The lowest BCUT2D eigenvalue weighted by Crippen LogP contribution is -2.56. The normalized spacial score (nSPS) is 16.7. The third kappa shape index (κ3) is 5.32. The number of nitriles is 1. The molecule has 0 spiro atoms. The number of para-hydroxylation sites is 1. The fraction of sp³-hybridized carbons (Fsp3) is 0.370. The van der Waals surface area contributed by atoms with Crippen LogP contribution in [0.5, 0.6) is 0 Å². The Bertz CT molecular complexity index is 1130. The van der Waals surface area contributed by atoms with Gasteiger partial charge in [-0.1, -0.05) is 50.1 Å². The highest BCUT2D eigenvalue weighted by Crippen LogP contribution is 2.26. The van der Waals surface area contributed by atoms with Crippen LogP contribution in [0.1, 0.15) is 48.6 Å². The van der Waals surface area contributed by atoms with Crippen LogP contribution in [0.15, 0.2) is 61.1 Å². The van der Waals surface area contributed by atoms with E-state index in [4.69, 9.17) is 5.26 Å². The molecule has 4 rings (SSSR count). The smallest absolute Gasteiger partial charge is 0.241 e. The number of piperazine rings is 1. The van der Waals surface area contributed by atoms with Crippen LogP contribution < -0.4 is 4.90 Å². The van der Waals surface area contributed by atoms with E-state index in [0.29, 0.717) is 37.8 Å². The summed E-state index contributed by atoms with van der Waals surface area (Å²) in [6.45, 7) is 6.79. The summed E-state index contributed by atoms with van der Waals surface area (Å²) in [5.41, 5.74) is 5.03. The molecule has 2 aromatic carbocycles. The first-order valence-corrected chi connectivity index (χ1v) is 11.7. The van der Waals surface area contributed by atoms with Crippen LogP contribution in [0, 0.1) is 18.3 Å². The number of hydrogen-bond donors (Lipinski definition) is 0. The van der Waals surface area contributed by atoms with Crippen molar-refractivity contribution in [3.63, 3.8) is 0 Å². The van der Waals surface area contributed by atoms with E-state index < -0.39 is 0 Å². The number of carbonyl (C=O) groups excluding carboxylic acids is 1. The van der Waals surface area contributed by atoms with Gasteiger partial charge in [-0.2, -0.15) is 5.26 Å². The molecule has 0 saturated carbocycles. The first-order valence-electron chi connectivity index (χ1n) is 11.7. The van der Waals surface area contributed by atoms with E-state index in [2.05, 4.69) is 40.4 Å². The molecule has 6 nitrogen and oxygen atoms in total. The van der Waals surface area contributed by atoms with Crippen molar-refractivity contribution in [2.75, 3.05) is 18.0 Å². The predicted octanol–water partition coefficient (Wildman–Crippen LogP) is 4.52. The number of carbonyl (C=O) groups is 1. The number of rotatable bonds is 8. The van der Waals surface area contributed by atoms with Crippen molar-refractivity contribution in [2.24, 2.45) is 0 Å². The van der Waals surface area contributed by atoms with E-state index in [1.165, 1.54) is 0 Å². The fourth-order valence-corrected chi connectivity index (χ4v) is 4.53. The lowest BCUT2D eigenvalue weighted by atomic mass is 10.0.